The van der Waals surface area contributed by atoms with E-state index >= 15 is 0 Å². The molecule has 6 atom stereocenters. The van der Waals surface area contributed by atoms with E-state index in [1.165, 1.54) is 116 Å². The first-order chi connectivity index (χ1) is 42.8. The lowest BCUT2D eigenvalue weighted by Crippen LogP contribution is -2.30. The van der Waals surface area contributed by atoms with Gasteiger partial charge in [0.25, 0.3) is 0 Å². The summed E-state index contributed by atoms with van der Waals surface area (Å²) in [4.78, 5) is 72.5. The van der Waals surface area contributed by atoms with Crippen molar-refractivity contribution in [2.24, 2.45) is 17.8 Å². The van der Waals surface area contributed by atoms with E-state index < -0.39 is 97.5 Å². The molecule has 0 heterocycles. The van der Waals surface area contributed by atoms with Crippen LogP contribution in [0.4, 0.5) is 0 Å². The highest BCUT2D eigenvalue weighted by molar-refractivity contribution is 7.47. The number of rotatable bonds is 66. The van der Waals surface area contributed by atoms with Crippen molar-refractivity contribution in [3.05, 3.63) is 24.3 Å². The van der Waals surface area contributed by atoms with Gasteiger partial charge in [-0.05, 0) is 69.1 Å². The lowest BCUT2D eigenvalue weighted by atomic mass is 9.99. The summed E-state index contributed by atoms with van der Waals surface area (Å²) >= 11 is 0. The van der Waals surface area contributed by atoms with Gasteiger partial charge in [-0.25, -0.2) is 9.13 Å². The minimum Gasteiger partial charge on any atom is -0.462 e. The lowest BCUT2D eigenvalue weighted by Gasteiger charge is -2.21. The topological polar surface area (TPSA) is 237 Å². The van der Waals surface area contributed by atoms with Gasteiger partial charge in [-0.3, -0.25) is 37.3 Å². The molecule has 0 aromatic carbocycles. The second-order valence-electron chi connectivity index (χ2n) is 25.8. The fraction of sp³-hybridized carbons (Fsp3) is 0.886. The Hall–Kier alpha value is -2.46. The number of aliphatic hydroxyl groups is 1. The van der Waals surface area contributed by atoms with E-state index in [9.17, 15) is 43.2 Å². The van der Waals surface area contributed by atoms with E-state index in [1.807, 2.05) is 0 Å². The molecule has 524 valence electrons. The summed E-state index contributed by atoms with van der Waals surface area (Å²) in [5, 5.41) is 10.6. The van der Waals surface area contributed by atoms with E-state index in [0.717, 1.165) is 121 Å². The van der Waals surface area contributed by atoms with Crippen molar-refractivity contribution in [2.75, 3.05) is 39.6 Å². The van der Waals surface area contributed by atoms with Crippen LogP contribution in [0.3, 0.4) is 0 Å². The van der Waals surface area contributed by atoms with E-state index in [1.54, 1.807) is 0 Å². The Bertz CT molecular complexity index is 1840. The first kappa shape index (κ1) is 86.5. The number of esters is 4. The van der Waals surface area contributed by atoms with Gasteiger partial charge in [-0.2, -0.15) is 0 Å². The highest BCUT2D eigenvalue weighted by atomic mass is 31.2. The van der Waals surface area contributed by atoms with Crippen molar-refractivity contribution < 1.29 is 80.2 Å². The van der Waals surface area contributed by atoms with E-state index in [-0.39, 0.29) is 25.7 Å². The monoisotopic (exact) mass is 1310 g/mol. The molecule has 0 saturated heterocycles. The van der Waals surface area contributed by atoms with Crippen LogP contribution in [-0.4, -0.2) is 96.7 Å². The Morgan fingerprint density at radius 3 is 1.00 bits per heavy atom. The number of ether oxygens (including phenoxy) is 4. The van der Waals surface area contributed by atoms with Gasteiger partial charge < -0.3 is 33.8 Å². The molecule has 3 unspecified atom stereocenters. The quantitative estimate of drug-likeness (QED) is 0.0169. The number of aliphatic hydroxyl groups excluding tert-OH is 1. The van der Waals surface area contributed by atoms with Crippen molar-refractivity contribution in [1.29, 1.82) is 0 Å². The van der Waals surface area contributed by atoms with Gasteiger partial charge in [0.2, 0.25) is 0 Å². The fourth-order valence-corrected chi connectivity index (χ4v) is 11.5. The number of phosphoric ester groups is 2. The smallest absolute Gasteiger partial charge is 0.462 e. The second kappa shape index (κ2) is 60.5. The molecular formula is C70H132O17P2. The second-order valence-corrected chi connectivity index (χ2v) is 28.7. The number of carbonyl (C=O) groups excluding carboxylic acids is 4. The van der Waals surface area contributed by atoms with Crippen LogP contribution in [0, 0.1) is 17.8 Å². The van der Waals surface area contributed by atoms with Gasteiger partial charge in [0.1, 0.15) is 19.3 Å². The molecule has 0 aromatic heterocycles. The summed E-state index contributed by atoms with van der Waals surface area (Å²) in [5.41, 5.74) is 0. The Labute approximate surface area is 542 Å². The van der Waals surface area contributed by atoms with E-state index in [2.05, 4.69) is 72.8 Å². The van der Waals surface area contributed by atoms with Crippen molar-refractivity contribution >= 4 is 39.5 Å². The number of carbonyl (C=O) groups is 4. The zero-order chi connectivity index (χ0) is 65.9. The maximum atomic E-state index is 13.0. The summed E-state index contributed by atoms with van der Waals surface area (Å²) in [6.07, 6.45) is 46.7. The molecule has 0 aliphatic rings. The van der Waals surface area contributed by atoms with Crippen molar-refractivity contribution in [1.82, 2.24) is 0 Å². The average Bonchev–Trinajstić information content (AvgIpc) is 3.69. The van der Waals surface area contributed by atoms with E-state index in [0.29, 0.717) is 31.6 Å². The molecule has 0 aliphatic carbocycles. The molecule has 0 radical (unpaired) electrons. The lowest BCUT2D eigenvalue weighted by molar-refractivity contribution is -0.161. The molecule has 0 aliphatic heterocycles. The average molecular weight is 1310 g/mol. The molecule has 3 N–H and O–H groups in total. The van der Waals surface area contributed by atoms with Crippen LogP contribution in [0.2, 0.25) is 0 Å². The van der Waals surface area contributed by atoms with Crippen LogP contribution in [-0.2, 0) is 65.4 Å². The molecule has 0 spiro atoms. The first-order valence-electron chi connectivity index (χ1n) is 35.7. The minimum absolute atomic E-state index is 0.0842. The Morgan fingerprint density at radius 2 is 0.663 bits per heavy atom. The van der Waals surface area contributed by atoms with Crippen molar-refractivity contribution in [3.8, 4) is 0 Å². The molecule has 0 fully saturated rings. The predicted molar refractivity (Wildman–Crippen MR) is 358 cm³/mol. The van der Waals surface area contributed by atoms with Crippen LogP contribution in [0.25, 0.3) is 0 Å². The molecule has 89 heavy (non-hydrogen) atoms. The number of hydrogen-bond acceptors (Lipinski definition) is 15. The van der Waals surface area contributed by atoms with Crippen LogP contribution in [0.5, 0.6) is 0 Å². The number of allylic oxidation sites excluding steroid dienone is 4. The highest BCUT2D eigenvalue weighted by Gasteiger charge is 2.30. The van der Waals surface area contributed by atoms with Gasteiger partial charge in [0.15, 0.2) is 12.2 Å². The maximum absolute atomic E-state index is 13.0. The zero-order valence-electron chi connectivity index (χ0n) is 57.4. The summed E-state index contributed by atoms with van der Waals surface area (Å²) in [5.74, 6) is 0.0409. The molecule has 19 heteroatoms. The minimum atomic E-state index is -4.96. The Balaban J connectivity index is 5.29. The molecule has 17 nitrogen and oxygen atoms in total. The standard InChI is InChI=1S/C70H132O17P2/c1-8-10-11-12-13-14-15-16-17-18-19-24-30-39-46-53-69(74)86-65(57-80-67(72)51-44-37-29-23-21-20-22-27-34-41-48-61(3)4)59-84-88(76,77)82-55-64(71)56-83-89(78,79)85-60-66(58-81-68(73)52-45-38-33-32-35-42-49-62(5)6)87-70(75)54-47-40-31-26-25-28-36-43-50-63(7)9-2/h14-17,61-66,71H,8-13,18-60H2,1-7H3,(H,76,77)(H,78,79)/b15-14-,17-16-/t63?,64-,65-,66-/m1/s1. The van der Waals surface area contributed by atoms with E-state index in [4.69, 9.17) is 37.0 Å². The van der Waals surface area contributed by atoms with Gasteiger partial charge in [-0.1, -0.05) is 272 Å². The molecule has 0 bridgehead atoms. The summed E-state index contributed by atoms with van der Waals surface area (Å²) < 4.78 is 68.2. The van der Waals surface area contributed by atoms with Gasteiger partial charge in [-0.15, -0.1) is 0 Å². The summed E-state index contributed by atoms with van der Waals surface area (Å²) in [7, 11) is -9.91. The first-order valence-corrected chi connectivity index (χ1v) is 38.7. The largest absolute Gasteiger partial charge is 0.472 e. The molecular weight excluding hydrogens is 1170 g/mol. The van der Waals surface area contributed by atoms with Crippen LogP contribution in [0.15, 0.2) is 24.3 Å². The number of phosphoric acid groups is 2. The zero-order valence-corrected chi connectivity index (χ0v) is 59.2. The van der Waals surface area contributed by atoms with Gasteiger partial charge in [0.05, 0.1) is 26.4 Å². The van der Waals surface area contributed by atoms with Crippen LogP contribution >= 0.6 is 15.6 Å². The van der Waals surface area contributed by atoms with Crippen LogP contribution < -0.4 is 0 Å². The molecule has 0 saturated carbocycles. The maximum Gasteiger partial charge on any atom is 0.472 e. The molecule has 0 rings (SSSR count). The SMILES string of the molecule is CCCCCC/C=C\C=C/CCCCCCCC(=O)O[C@H](COC(=O)CCCCCCCCCCCCC(C)C)COP(=O)(O)OC[C@@H](O)COP(=O)(O)OC[C@@H](COC(=O)CCCCCCCCC(C)C)OC(=O)CCCCCCCCCCC(C)CC. The summed E-state index contributed by atoms with van der Waals surface area (Å²) in [6, 6.07) is 0. The normalized spacial score (nSPS) is 14.7. The predicted octanol–water partition coefficient (Wildman–Crippen LogP) is 19.4. The molecule has 0 aromatic rings. The highest BCUT2D eigenvalue weighted by Crippen LogP contribution is 2.45. The van der Waals surface area contributed by atoms with Gasteiger partial charge >= 0.3 is 39.5 Å². The van der Waals surface area contributed by atoms with Crippen molar-refractivity contribution in [2.45, 2.75) is 343 Å². The third-order valence-electron chi connectivity index (χ3n) is 15.9. The third-order valence-corrected chi connectivity index (χ3v) is 17.8. The van der Waals surface area contributed by atoms with Crippen molar-refractivity contribution in [3.63, 3.8) is 0 Å². The Morgan fingerprint density at radius 1 is 0.371 bits per heavy atom. The Kier molecular flexibility index (Phi) is 58.8. The summed E-state index contributed by atoms with van der Waals surface area (Å²) in [6.45, 7) is 11.7. The molecule has 0 amide bonds. The van der Waals surface area contributed by atoms with Gasteiger partial charge in [0, 0.05) is 25.7 Å². The number of hydrogen-bond donors (Lipinski definition) is 3. The fourth-order valence-electron chi connectivity index (χ4n) is 9.97. The van der Waals surface area contributed by atoms with Crippen LogP contribution in [0.1, 0.15) is 325 Å². The number of unbranched alkanes of at least 4 members (excludes halogenated alkanes) is 30. The third kappa shape index (κ3) is 62.7.